The average Bonchev–Trinajstić information content (AvgIpc) is 2.08. The van der Waals surface area contributed by atoms with Crippen LogP contribution in [0.2, 0.25) is 0 Å². The molecule has 1 rings (SSSR count). The zero-order chi connectivity index (χ0) is 10.0. The van der Waals surface area contributed by atoms with E-state index in [9.17, 15) is 0 Å². The summed E-state index contributed by atoms with van der Waals surface area (Å²) in [5, 5.41) is 0. The standard InChI is InChI=1S/C8H12BrN3O/c1-4(2)6-5(9)7(13-3)12-8(10)11-6/h4H,1-3H3,(H2,10,11,12). The van der Waals surface area contributed by atoms with E-state index in [4.69, 9.17) is 10.5 Å². The van der Waals surface area contributed by atoms with Gasteiger partial charge in [-0.2, -0.15) is 4.98 Å². The van der Waals surface area contributed by atoms with Gasteiger partial charge >= 0.3 is 0 Å². The van der Waals surface area contributed by atoms with E-state index in [0.717, 1.165) is 10.2 Å². The Morgan fingerprint density at radius 1 is 1.38 bits per heavy atom. The summed E-state index contributed by atoms with van der Waals surface area (Å²) in [5.74, 6) is 1.01. The number of nitrogens with two attached hydrogens (primary N) is 1. The number of halogens is 1. The molecule has 0 saturated heterocycles. The molecule has 0 aromatic carbocycles. The SMILES string of the molecule is COc1nc(N)nc(C(C)C)c1Br. The lowest BCUT2D eigenvalue weighted by molar-refractivity contribution is 0.393. The van der Waals surface area contributed by atoms with Crippen molar-refractivity contribution in [2.45, 2.75) is 19.8 Å². The fourth-order valence-corrected chi connectivity index (χ4v) is 1.77. The topological polar surface area (TPSA) is 61.0 Å². The van der Waals surface area contributed by atoms with E-state index in [1.54, 1.807) is 7.11 Å². The van der Waals surface area contributed by atoms with E-state index in [1.165, 1.54) is 0 Å². The lowest BCUT2D eigenvalue weighted by Crippen LogP contribution is -2.04. The van der Waals surface area contributed by atoms with Crippen molar-refractivity contribution in [1.82, 2.24) is 9.97 Å². The Morgan fingerprint density at radius 3 is 2.46 bits per heavy atom. The maximum Gasteiger partial charge on any atom is 0.232 e. The van der Waals surface area contributed by atoms with E-state index < -0.39 is 0 Å². The molecule has 1 aromatic heterocycles. The summed E-state index contributed by atoms with van der Waals surface area (Å²) in [5.41, 5.74) is 6.38. The second-order valence-electron chi connectivity index (χ2n) is 2.95. The molecule has 72 valence electrons. The molecule has 0 aliphatic carbocycles. The Bertz CT molecular complexity index is 315. The highest BCUT2D eigenvalue weighted by Gasteiger charge is 2.13. The minimum absolute atomic E-state index is 0.240. The largest absolute Gasteiger partial charge is 0.480 e. The third-order valence-electron chi connectivity index (χ3n) is 1.60. The molecule has 0 spiro atoms. The summed E-state index contributed by atoms with van der Waals surface area (Å²) in [4.78, 5) is 8.05. The van der Waals surface area contributed by atoms with E-state index in [2.05, 4.69) is 25.9 Å². The second kappa shape index (κ2) is 3.91. The number of rotatable bonds is 2. The van der Waals surface area contributed by atoms with Gasteiger partial charge < -0.3 is 10.5 Å². The Labute approximate surface area is 85.7 Å². The minimum Gasteiger partial charge on any atom is -0.480 e. The maximum absolute atomic E-state index is 5.52. The van der Waals surface area contributed by atoms with Gasteiger partial charge in [-0.15, -0.1) is 0 Å². The first-order valence-corrected chi connectivity index (χ1v) is 4.72. The van der Waals surface area contributed by atoms with Crippen molar-refractivity contribution in [2.24, 2.45) is 0 Å². The van der Waals surface area contributed by atoms with Crippen LogP contribution in [0, 0.1) is 0 Å². The fraction of sp³-hybridized carbons (Fsp3) is 0.500. The summed E-state index contributed by atoms with van der Waals surface area (Å²) >= 11 is 3.37. The highest BCUT2D eigenvalue weighted by molar-refractivity contribution is 9.10. The summed E-state index contributed by atoms with van der Waals surface area (Å²) in [7, 11) is 1.55. The van der Waals surface area contributed by atoms with Crippen molar-refractivity contribution in [3.8, 4) is 5.88 Å². The van der Waals surface area contributed by atoms with Gasteiger partial charge in [0.1, 0.15) is 4.47 Å². The number of ether oxygens (including phenoxy) is 1. The molecule has 0 aliphatic heterocycles. The molecule has 0 atom stereocenters. The molecule has 0 aliphatic rings. The number of hydrogen-bond acceptors (Lipinski definition) is 4. The monoisotopic (exact) mass is 245 g/mol. The molecular weight excluding hydrogens is 234 g/mol. The van der Waals surface area contributed by atoms with Gasteiger partial charge in [0.2, 0.25) is 11.8 Å². The van der Waals surface area contributed by atoms with Gasteiger partial charge in [0.25, 0.3) is 0 Å². The van der Waals surface area contributed by atoms with Crippen LogP contribution in [0.1, 0.15) is 25.5 Å². The molecule has 5 heteroatoms. The van der Waals surface area contributed by atoms with Crippen LogP contribution in [0.4, 0.5) is 5.95 Å². The van der Waals surface area contributed by atoms with Gasteiger partial charge in [-0.1, -0.05) is 13.8 Å². The van der Waals surface area contributed by atoms with Gasteiger partial charge in [0, 0.05) is 0 Å². The molecule has 0 amide bonds. The van der Waals surface area contributed by atoms with Crippen LogP contribution in [0.15, 0.2) is 4.47 Å². The molecule has 0 unspecified atom stereocenters. The maximum atomic E-state index is 5.52. The van der Waals surface area contributed by atoms with Crippen LogP contribution in [0.5, 0.6) is 5.88 Å². The molecule has 0 saturated carbocycles. The number of hydrogen-bond donors (Lipinski definition) is 1. The van der Waals surface area contributed by atoms with E-state index in [-0.39, 0.29) is 11.9 Å². The second-order valence-corrected chi connectivity index (χ2v) is 3.74. The highest BCUT2D eigenvalue weighted by Crippen LogP contribution is 2.30. The van der Waals surface area contributed by atoms with Gasteiger partial charge in [-0.3, -0.25) is 0 Å². The van der Waals surface area contributed by atoms with Crippen LogP contribution >= 0.6 is 15.9 Å². The Morgan fingerprint density at radius 2 is 2.00 bits per heavy atom. The number of methoxy groups -OCH3 is 1. The third-order valence-corrected chi connectivity index (χ3v) is 2.35. The Hall–Kier alpha value is -0.840. The first-order valence-electron chi connectivity index (χ1n) is 3.93. The fourth-order valence-electron chi connectivity index (χ4n) is 0.978. The molecule has 0 radical (unpaired) electrons. The average molecular weight is 246 g/mol. The lowest BCUT2D eigenvalue weighted by Gasteiger charge is -2.10. The predicted molar refractivity (Wildman–Crippen MR) is 54.8 cm³/mol. The van der Waals surface area contributed by atoms with Gasteiger partial charge in [-0.05, 0) is 21.8 Å². The first kappa shape index (κ1) is 10.2. The van der Waals surface area contributed by atoms with Crippen LogP contribution in [-0.2, 0) is 0 Å². The van der Waals surface area contributed by atoms with Crippen LogP contribution < -0.4 is 10.5 Å². The number of nitrogen functional groups attached to an aromatic ring is 1. The molecule has 0 bridgehead atoms. The number of anilines is 1. The van der Waals surface area contributed by atoms with Crippen molar-refractivity contribution in [3.63, 3.8) is 0 Å². The predicted octanol–water partition coefficient (Wildman–Crippen LogP) is 1.95. The quantitative estimate of drug-likeness (QED) is 0.866. The zero-order valence-electron chi connectivity index (χ0n) is 7.84. The first-order chi connectivity index (χ1) is 6.06. The lowest BCUT2D eigenvalue weighted by atomic mass is 10.1. The Kier molecular flexibility index (Phi) is 3.08. The van der Waals surface area contributed by atoms with Gasteiger partial charge in [0.05, 0.1) is 12.8 Å². The number of nitrogens with zero attached hydrogens (tertiary/aromatic N) is 2. The summed E-state index contributed by atoms with van der Waals surface area (Å²) in [6, 6.07) is 0. The van der Waals surface area contributed by atoms with Crippen LogP contribution in [-0.4, -0.2) is 17.1 Å². The smallest absolute Gasteiger partial charge is 0.232 e. The van der Waals surface area contributed by atoms with E-state index in [1.807, 2.05) is 13.8 Å². The third kappa shape index (κ3) is 2.09. The summed E-state index contributed by atoms with van der Waals surface area (Å²) < 4.78 is 5.82. The minimum atomic E-state index is 0.240. The van der Waals surface area contributed by atoms with E-state index in [0.29, 0.717) is 5.88 Å². The van der Waals surface area contributed by atoms with Crippen molar-refractivity contribution >= 4 is 21.9 Å². The van der Waals surface area contributed by atoms with Crippen molar-refractivity contribution in [2.75, 3.05) is 12.8 Å². The molecule has 1 aromatic rings. The summed E-state index contributed by atoms with van der Waals surface area (Å²) in [6.45, 7) is 4.07. The molecule has 0 fully saturated rings. The van der Waals surface area contributed by atoms with Crippen molar-refractivity contribution < 1.29 is 4.74 Å². The van der Waals surface area contributed by atoms with Crippen molar-refractivity contribution in [3.05, 3.63) is 10.2 Å². The normalized spacial score (nSPS) is 10.5. The highest BCUT2D eigenvalue weighted by atomic mass is 79.9. The molecule has 2 N–H and O–H groups in total. The molecule has 13 heavy (non-hydrogen) atoms. The molecule has 1 heterocycles. The van der Waals surface area contributed by atoms with Gasteiger partial charge in [0.15, 0.2) is 0 Å². The number of aromatic nitrogens is 2. The zero-order valence-corrected chi connectivity index (χ0v) is 9.42. The van der Waals surface area contributed by atoms with Crippen LogP contribution in [0.25, 0.3) is 0 Å². The Balaban J connectivity index is 3.27. The van der Waals surface area contributed by atoms with E-state index >= 15 is 0 Å². The van der Waals surface area contributed by atoms with Crippen LogP contribution in [0.3, 0.4) is 0 Å². The van der Waals surface area contributed by atoms with Gasteiger partial charge in [-0.25, -0.2) is 4.98 Å². The molecule has 4 nitrogen and oxygen atoms in total. The van der Waals surface area contributed by atoms with Crippen molar-refractivity contribution in [1.29, 1.82) is 0 Å². The summed E-state index contributed by atoms with van der Waals surface area (Å²) in [6.07, 6.45) is 0. The molecular formula is C8H12BrN3O.